The van der Waals surface area contributed by atoms with Gasteiger partial charge in [0.05, 0.1) is 22.5 Å². The quantitative estimate of drug-likeness (QED) is 0.531. The van der Waals surface area contributed by atoms with Gasteiger partial charge in [-0.25, -0.2) is 13.4 Å². The van der Waals surface area contributed by atoms with Gasteiger partial charge in [-0.3, -0.25) is 9.69 Å². The second kappa shape index (κ2) is 9.62. The summed E-state index contributed by atoms with van der Waals surface area (Å²) in [5, 5.41) is 0. The lowest BCUT2D eigenvalue weighted by molar-refractivity contribution is 0.0624. The van der Waals surface area contributed by atoms with Gasteiger partial charge >= 0.3 is 0 Å². The van der Waals surface area contributed by atoms with Gasteiger partial charge in [0.15, 0.2) is 0 Å². The zero-order valence-corrected chi connectivity index (χ0v) is 20.3. The van der Waals surface area contributed by atoms with E-state index in [1.165, 1.54) is 4.31 Å². The minimum atomic E-state index is -3.52. The van der Waals surface area contributed by atoms with E-state index in [0.29, 0.717) is 38.2 Å². The molecule has 3 aromatic rings. The summed E-state index contributed by atoms with van der Waals surface area (Å²) in [5.74, 6) is 0.949. The molecule has 9 heteroatoms. The summed E-state index contributed by atoms with van der Waals surface area (Å²) in [6.45, 7) is 8.07. The van der Waals surface area contributed by atoms with E-state index in [2.05, 4.69) is 4.90 Å². The number of amides is 1. The smallest absolute Gasteiger partial charge is 0.253 e. The number of nitrogens with zero attached hydrogens (tertiary/aromatic N) is 5. The van der Waals surface area contributed by atoms with E-state index < -0.39 is 10.0 Å². The molecule has 0 saturated carbocycles. The van der Waals surface area contributed by atoms with Gasteiger partial charge in [-0.15, -0.1) is 0 Å². The third-order valence-corrected chi connectivity index (χ3v) is 8.38. The van der Waals surface area contributed by atoms with Crippen molar-refractivity contribution in [3.63, 3.8) is 0 Å². The lowest BCUT2D eigenvalue weighted by atomic mass is 10.2. The van der Waals surface area contributed by atoms with Crippen molar-refractivity contribution in [1.29, 1.82) is 0 Å². The Morgan fingerprint density at radius 1 is 1.00 bits per heavy atom. The number of fused-ring (bicyclic) bond motifs is 1. The molecule has 1 amide bonds. The molecule has 0 atom stereocenters. The van der Waals surface area contributed by atoms with E-state index in [0.717, 1.165) is 30.0 Å². The van der Waals surface area contributed by atoms with Crippen molar-refractivity contribution < 1.29 is 13.2 Å². The van der Waals surface area contributed by atoms with Crippen molar-refractivity contribution in [1.82, 2.24) is 23.7 Å². The molecule has 4 rings (SSSR count). The molecular formula is C24H31N5O3S. The molecule has 0 unspecified atom stereocenters. The Kier molecular flexibility index (Phi) is 6.83. The summed E-state index contributed by atoms with van der Waals surface area (Å²) in [6.07, 6.45) is 0. The van der Waals surface area contributed by atoms with E-state index in [9.17, 15) is 13.2 Å². The normalized spacial score (nSPS) is 15.5. The monoisotopic (exact) mass is 469 g/mol. The van der Waals surface area contributed by atoms with Crippen LogP contribution >= 0.6 is 0 Å². The number of sulfonamides is 1. The molecule has 0 N–H and O–H groups in total. The Hall–Kier alpha value is -2.75. The summed E-state index contributed by atoms with van der Waals surface area (Å²) >= 11 is 0. The first-order valence-electron chi connectivity index (χ1n) is 11.4. The van der Waals surface area contributed by atoms with Crippen molar-refractivity contribution >= 4 is 27.0 Å². The summed E-state index contributed by atoms with van der Waals surface area (Å²) in [5.41, 5.74) is 2.30. The molecule has 0 radical (unpaired) electrons. The maximum Gasteiger partial charge on any atom is 0.253 e. The topological polar surface area (TPSA) is 78.8 Å². The second-order valence-corrected chi connectivity index (χ2v) is 10.2. The maximum absolute atomic E-state index is 12.9. The van der Waals surface area contributed by atoms with Gasteiger partial charge in [0.2, 0.25) is 10.0 Å². The third kappa shape index (κ3) is 4.66. The van der Waals surface area contributed by atoms with Gasteiger partial charge in [0, 0.05) is 51.9 Å². The van der Waals surface area contributed by atoms with Gasteiger partial charge in [-0.2, -0.15) is 4.31 Å². The molecule has 0 spiro atoms. The molecule has 1 aliphatic heterocycles. The Labute approximate surface area is 195 Å². The van der Waals surface area contributed by atoms with Crippen LogP contribution in [0.5, 0.6) is 0 Å². The van der Waals surface area contributed by atoms with E-state index in [4.69, 9.17) is 4.98 Å². The molecular weight excluding hydrogens is 438 g/mol. The Morgan fingerprint density at radius 3 is 2.30 bits per heavy atom. The largest absolute Gasteiger partial charge is 0.336 e. The summed E-state index contributed by atoms with van der Waals surface area (Å²) in [4.78, 5) is 21.9. The van der Waals surface area contributed by atoms with Crippen LogP contribution in [-0.4, -0.2) is 77.2 Å². The molecule has 1 aromatic heterocycles. The van der Waals surface area contributed by atoms with Crippen LogP contribution in [0.25, 0.3) is 11.0 Å². The lowest BCUT2D eigenvalue weighted by Gasteiger charge is -2.34. The van der Waals surface area contributed by atoms with Crippen LogP contribution in [0.2, 0.25) is 0 Å². The fourth-order valence-corrected chi connectivity index (χ4v) is 5.79. The summed E-state index contributed by atoms with van der Waals surface area (Å²) in [7, 11) is -1.57. The first-order chi connectivity index (χ1) is 15.8. The molecule has 0 aliphatic carbocycles. The number of hydrogen-bond acceptors (Lipinski definition) is 5. The van der Waals surface area contributed by atoms with Crippen molar-refractivity contribution in [3.05, 3.63) is 59.9 Å². The zero-order chi connectivity index (χ0) is 23.6. The van der Waals surface area contributed by atoms with E-state index >= 15 is 0 Å². The average Bonchev–Trinajstić information content (AvgIpc) is 3.14. The SMILES string of the molecule is CCN(CC)S(=O)(=O)c1ccc2c(c1)nc(CN1CCN(C(=O)c3ccccc3)CC1)n2C. The van der Waals surface area contributed by atoms with Crippen LogP contribution in [-0.2, 0) is 23.6 Å². The molecule has 1 fully saturated rings. The fourth-order valence-electron chi connectivity index (χ4n) is 4.32. The molecule has 1 aliphatic rings. The van der Waals surface area contributed by atoms with Gasteiger partial charge in [-0.1, -0.05) is 32.0 Å². The van der Waals surface area contributed by atoms with Gasteiger partial charge in [0.1, 0.15) is 5.82 Å². The molecule has 33 heavy (non-hydrogen) atoms. The predicted octanol–water partition coefficient (Wildman–Crippen LogP) is 2.56. The molecule has 2 aromatic carbocycles. The molecule has 8 nitrogen and oxygen atoms in total. The first-order valence-corrected chi connectivity index (χ1v) is 12.8. The third-order valence-electron chi connectivity index (χ3n) is 6.33. The molecule has 176 valence electrons. The summed E-state index contributed by atoms with van der Waals surface area (Å²) in [6, 6.07) is 14.5. The molecule has 0 bridgehead atoms. The number of rotatable bonds is 7. The minimum Gasteiger partial charge on any atom is -0.336 e. The Bertz CT molecular complexity index is 1230. The van der Waals surface area contributed by atoms with Crippen molar-refractivity contribution in [3.8, 4) is 0 Å². The number of carbonyl (C=O) groups is 1. The second-order valence-electron chi connectivity index (χ2n) is 8.26. The molecule has 1 saturated heterocycles. The Balaban J connectivity index is 1.46. The number of aryl methyl sites for hydroxylation is 1. The van der Waals surface area contributed by atoms with E-state index in [1.807, 2.05) is 66.8 Å². The maximum atomic E-state index is 12.9. The number of carbonyl (C=O) groups excluding carboxylic acids is 1. The highest BCUT2D eigenvalue weighted by Crippen LogP contribution is 2.23. The Morgan fingerprint density at radius 2 is 1.67 bits per heavy atom. The van der Waals surface area contributed by atoms with E-state index in [-0.39, 0.29) is 10.8 Å². The van der Waals surface area contributed by atoms with Crippen LogP contribution < -0.4 is 0 Å². The van der Waals surface area contributed by atoms with Gasteiger partial charge < -0.3 is 9.47 Å². The number of aromatic nitrogens is 2. The van der Waals surface area contributed by atoms with Crippen molar-refractivity contribution in [2.24, 2.45) is 7.05 Å². The van der Waals surface area contributed by atoms with Gasteiger partial charge in [0.25, 0.3) is 5.91 Å². The molecule has 2 heterocycles. The number of piperazine rings is 1. The number of benzene rings is 2. The highest BCUT2D eigenvalue weighted by molar-refractivity contribution is 7.89. The first kappa shape index (κ1) is 23.4. The van der Waals surface area contributed by atoms with Crippen LogP contribution in [0.4, 0.5) is 0 Å². The van der Waals surface area contributed by atoms with Gasteiger partial charge in [-0.05, 0) is 30.3 Å². The van der Waals surface area contributed by atoms with Crippen molar-refractivity contribution in [2.75, 3.05) is 39.3 Å². The minimum absolute atomic E-state index is 0.0694. The fraction of sp³-hybridized carbons (Fsp3) is 0.417. The highest BCUT2D eigenvalue weighted by Gasteiger charge is 2.25. The highest BCUT2D eigenvalue weighted by atomic mass is 32.2. The summed E-state index contributed by atoms with van der Waals surface area (Å²) < 4.78 is 29.2. The van der Waals surface area contributed by atoms with E-state index in [1.54, 1.807) is 12.1 Å². The zero-order valence-electron chi connectivity index (χ0n) is 19.4. The van der Waals surface area contributed by atoms with Crippen LogP contribution in [0.3, 0.4) is 0 Å². The number of hydrogen-bond donors (Lipinski definition) is 0. The van der Waals surface area contributed by atoms with Crippen molar-refractivity contribution in [2.45, 2.75) is 25.3 Å². The predicted molar refractivity (Wildman–Crippen MR) is 128 cm³/mol. The lowest BCUT2D eigenvalue weighted by Crippen LogP contribution is -2.48. The number of imidazole rings is 1. The average molecular weight is 470 g/mol. The van der Waals surface area contributed by atoms with Crippen LogP contribution in [0.1, 0.15) is 30.0 Å². The standard InChI is InChI=1S/C24H31N5O3S/c1-4-29(5-2)33(31,32)20-11-12-22-21(17-20)25-23(26(22)3)18-27-13-15-28(16-14-27)24(30)19-9-7-6-8-10-19/h6-12,17H,4-5,13-16,18H2,1-3H3. The van der Waals surface area contributed by atoms with Crippen LogP contribution in [0.15, 0.2) is 53.4 Å². The van der Waals surface area contributed by atoms with Crippen LogP contribution in [0, 0.1) is 0 Å².